The van der Waals surface area contributed by atoms with Gasteiger partial charge in [0.1, 0.15) is 0 Å². The lowest BCUT2D eigenvalue weighted by Crippen LogP contribution is -2.51. The molecule has 0 aliphatic carbocycles. The second kappa shape index (κ2) is 6.12. The number of piperidine rings is 1. The van der Waals surface area contributed by atoms with Crippen LogP contribution in [0.1, 0.15) is 19.3 Å². The number of carbonyl (C=O) groups is 2. The molecule has 1 saturated heterocycles. The Labute approximate surface area is 106 Å². The molecular weight excluding hydrogens is 262 g/mol. The Balaban J connectivity index is 2.48. The van der Waals surface area contributed by atoms with Crippen molar-refractivity contribution in [1.82, 2.24) is 14.3 Å². The lowest BCUT2D eigenvalue weighted by atomic mass is 10.1. The first-order chi connectivity index (χ1) is 8.31. The highest BCUT2D eigenvalue weighted by Crippen LogP contribution is 2.06. The van der Waals surface area contributed by atoms with E-state index >= 15 is 0 Å². The first-order valence-electron chi connectivity index (χ1n) is 5.53. The quantitative estimate of drug-likeness (QED) is 0.547. The van der Waals surface area contributed by atoms with Crippen LogP contribution in [-0.2, 0) is 19.8 Å². The van der Waals surface area contributed by atoms with Gasteiger partial charge in [-0.3, -0.25) is 9.59 Å². The third-order valence-corrected chi connectivity index (χ3v) is 4.27. The third-order valence-electron chi connectivity index (χ3n) is 2.63. The van der Waals surface area contributed by atoms with E-state index in [4.69, 9.17) is 5.11 Å². The number of carboxylic acid groups (broad SMARTS) is 1. The van der Waals surface area contributed by atoms with Crippen molar-refractivity contribution in [3.63, 3.8) is 0 Å². The Morgan fingerprint density at radius 2 is 2.28 bits per heavy atom. The van der Waals surface area contributed by atoms with E-state index in [0.29, 0.717) is 6.42 Å². The summed E-state index contributed by atoms with van der Waals surface area (Å²) in [5.41, 5.74) is 0. The van der Waals surface area contributed by atoms with Crippen LogP contribution in [0, 0.1) is 0 Å². The summed E-state index contributed by atoms with van der Waals surface area (Å²) in [6.45, 7) is 0.161. The van der Waals surface area contributed by atoms with Gasteiger partial charge in [-0.1, -0.05) is 0 Å². The van der Waals surface area contributed by atoms with Crippen LogP contribution < -0.4 is 10.0 Å². The van der Waals surface area contributed by atoms with Crippen LogP contribution in [0.2, 0.25) is 0 Å². The van der Waals surface area contributed by atoms with Gasteiger partial charge in [0.05, 0.1) is 6.42 Å². The molecule has 1 atom stereocenters. The van der Waals surface area contributed by atoms with Crippen molar-refractivity contribution < 1.29 is 23.1 Å². The van der Waals surface area contributed by atoms with E-state index in [2.05, 4.69) is 10.0 Å². The minimum Gasteiger partial charge on any atom is -0.481 e. The highest BCUT2D eigenvalue weighted by Gasteiger charge is 2.25. The van der Waals surface area contributed by atoms with Crippen LogP contribution in [0.25, 0.3) is 0 Å². The highest BCUT2D eigenvalue weighted by molar-refractivity contribution is 7.87. The SMILES string of the molecule is CN(CCC(=O)O)S(=O)(=O)NC1CCC(=O)NC1. The molecule has 1 aliphatic heterocycles. The molecular formula is C9H17N3O5S. The first-order valence-corrected chi connectivity index (χ1v) is 6.97. The summed E-state index contributed by atoms with van der Waals surface area (Å²) in [6.07, 6.45) is 0.475. The fourth-order valence-corrected chi connectivity index (χ4v) is 2.64. The molecule has 0 spiro atoms. The van der Waals surface area contributed by atoms with Gasteiger partial charge in [0.15, 0.2) is 0 Å². The largest absolute Gasteiger partial charge is 0.481 e. The smallest absolute Gasteiger partial charge is 0.304 e. The van der Waals surface area contributed by atoms with E-state index in [-0.39, 0.29) is 37.9 Å². The Morgan fingerprint density at radius 3 is 2.78 bits per heavy atom. The predicted octanol–water partition coefficient (Wildman–Crippen LogP) is -1.49. The number of hydrogen-bond donors (Lipinski definition) is 3. The van der Waals surface area contributed by atoms with E-state index in [1.54, 1.807) is 0 Å². The normalized spacial score (nSPS) is 20.8. The summed E-state index contributed by atoms with van der Waals surface area (Å²) in [6, 6.07) is -0.347. The van der Waals surface area contributed by atoms with Gasteiger partial charge >= 0.3 is 5.97 Å². The molecule has 0 aromatic rings. The van der Waals surface area contributed by atoms with E-state index in [0.717, 1.165) is 4.31 Å². The fourth-order valence-electron chi connectivity index (χ4n) is 1.51. The Hall–Kier alpha value is -1.19. The number of carboxylic acids is 1. The molecule has 1 amide bonds. The molecule has 0 aromatic heterocycles. The number of nitrogens with one attached hydrogen (secondary N) is 2. The number of hydrogen-bond acceptors (Lipinski definition) is 4. The Kier molecular flexibility index (Phi) is 5.05. The summed E-state index contributed by atoms with van der Waals surface area (Å²) in [4.78, 5) is 21.3. The van der Waals surface area contributed by atoms with Gasteiger partial charge in [0.25, 0.3) is 10.2 Å². The average Bonchev–Trinajstić information content (AvgIpc) is 2.28. The van der Waals surface area contributed by atoms with Gasteiger partial charge in [0.2, 0.25) is 5.91 Å². The summed E-state index contributed by atoms with van der Waals surface area (Å²) in [7, 11) is -2.39. The molecule has 1 heterocycles. The number of carbonyl (C=O) groups excluding carboxylic acids is 1. The van der Waals surface area contributed by atoms with E-state index in [9.17, 15) is 18.0 Å². The van der Waals surface area contributed by atoms with Gasteiger partial charge in [-0.05, 0) is 6.42 Å². The van der Waals surface area contributed by atoms with E-state index < -0.39 is 16.2 Å². The van der Waals surface area contributed by atoms with Crippen LogP contribution in [0.4, 0.5) is 0 Å². The molecule has 1 fully saturated rings. The van der Waals surface area contributed by atoms with E-state index in [1.807, 2.05) is 0 Å². The number of nitrogens with zero attached hydrogens (tertiary/aromatic N) is 1. The maximum atomic E-state index is 11.8. The van der Waals surface area contributed by atoms with Crippen molar-refractivity contribution in [2.45, 2.75) is 25.3 Å². The molecule has 9 heteroatoms. The van der Waals surface area contributed by atoms with Gasteiger partial charge in [0, 0.05) is 32.6 Å². The summed E-state index contributed by atoms with van der Waals surface area (Å²) in [5, 5.41) is 11.1. The highest BCUT2D eigenvalue weighted by atomic mass is 32.2. The van der Waals surface area contributed by atoms with Crippen LogP contribution >= 0.6 is 0 Å². The second-order valence-electron chi connectivity index (χ2n) is 4.13. The van der Waals surface area contributed by atoms with Gasteiger partial charge in [-0.15, -0.1) is 0 Å². The molecule has 18 heavy (non-hydrogen) atoms. The standard InChI is InChI=1S/C9H17N3O5S/c1-12(5-4-9(14)15)18(16,17)11-7-2-3-8(13)10-6-7/h7,11H,2-6H2,1H3,(H,10,13)(H,14,15). The maximum Gasteiger partial charge on any atom is 0.304 e. The zero-order valence-electron chi connectivity index (χ0n) is 10.0. The van der Waals surface area contributed by atoms with Crippen molar-refractivity contribution in [3.8, 4) is 0 Å². The number of amides is 1. The van der Waals surface area contributed by atoms with Crippen LogP contribution in [0.3, 0.4) is 0 Å². The summed E-state index contributed by atoms with van der Waals surface area (Å²) >= 11 is 0. The second-order valence-corrected chi connectivity index (χ2v) is 5.94. The molecule has 0 bridgehead atoms. The van der Waals surface area contributed by atoms with Crippen molar-refractivity contribution in [2.24, 2.45) is 0 Å². The zero-order chi connectivity index (χ0) is 13.8. The number of rotatable bonds is 6. The molecule has 1 rings (SSSR count). The lowest BCUT2D eigenvalue weighted by molar-refractivity contribution is -0.137. The first kappa shape index (κ1) is 14.9. The lowest BCUT2D eigenvalue weighted by Gasteiger charge is -2.26. The molecule has 104 valence electrons. The molecule has 0 aromatic carbocycles. The van der Waals surface area contributed by atoms with Gasteiger partial charge in [-0.2, -0.15) is 17.4 Å². The third kappa shape index (κ3) is 4.59. The van der Waals surface area contributed by atoms with Crippen molar-refractivity contribution in [3.05, 3.63) is 0 Å². The van der Waals surface area contributed by atoms with Crippen LogP contribution in [0.15, 0.2) is 0 Å². The molecule has 3 N–H and O–H groups in total. The summed E-state index contributed by atoms with van der Waals surface area (Å²) < 4.78 is 27.0. The minimum atomic E-state index is -3.70. The predicted molar refractivity (Wildman–Crippen MR) is 63.0 cm³/mol. The Morgan fingerprint density at radius 1 is 1.61 bits per heavy atom. The van der Waals surface area contributed by atoms with Gasteiger partial charge in [-0.25, -0.2) is 0 Å². The van der Waals surface area contributed by atoms with Crippen LogP contribution in [-0.4, -0.2) is 55.9 Å². The molecule has 0 saturated carbocycles. The van der Waals surface area contributed by atoms with Crippen molar-refractivity contribution in [1.29, 1.82) is 0 Å². The van der Waals surface area contributed by atoms with E-state index in [1.165, 1.54) is 7.05 Å². The number of aliphatic carboxylic acids is 1. The van der Waals surface area contributed by atoms with Gasteiger partial charge < -0.3 is 10.4 Å². The topological polar surface area (TPSA) is 116 Å². The van der Waals surface area contributed by atoms with Crippen molar-refractivity contribution in [2.75, 3.05) is 20.1 Å². The molecule has 0 radical (unpaired) electrons. The maximum absolute atomic E-state index is 11.8. The van der Waals surface area contributed by atoms with Crippen molar-refractivity contribution >= 4 is 22.1 Å². The molecule has 1 unspecified atom stereocenters. The average molecular weight is 279 g/mol. The zero-order valence-corrected chi connectivity index (χ0v) is 10.9. The molecule has 8 nitrogen and oxygen atoms in total. The minimum absolute atomic E-state index is 0.0929. The summed E-state index contributed by atoms with van der Waals surface area (Å²) in [5.74, 6) is -1.15. The van der Waals surface area contributed by atoms with Crippen LogP contribution in [0.5, 0.6) is 0 Å². The molecule has 1 aliphatic rings. The Bertz CT molecular complexity index is 412. The monoisotopic (exact) mass is 279 g/mol. The fraction of sp³-hybridized carbons (Fsp3) is 0.778.